The van der Waals surface area contributed by atoms with Gasteiger partial charge < -0.3 is 0 Å². The molecule has 0 aromatic heterocycles. The maximum absolute atomic E-state index is 2.76. The Morgan fingerprint density at radius 1 is 0.556 bits per heavy atom. The maximum Gasteiger partial charge on any atom is 0.0760 e. The molecule has 3 rings (SSSR count). The van der Waals surface area contributed by atoms with Crippen molar-refractivity contribution in [1.29, 1.82) is 0 Å². The molecule has 0 spiro atoms. The first-order valence-electron chi connectivity index (χ1n) is 8.21. The summed E-state index contributed by atoms with van der Waals surface area (Å²) in [5.74, 6) is 0. The second-order valence-electron chi connectivity index (χ2n) is 6.25. The van der Waals surface area contributed by atoms with Crippen molar-refractivity contribution in [1.82, 2.24) is 14.9 Å². The van der Waals surface area contributed by atoms with Gasteiger partial charge in [0.1, 0.15) is 0 Å². The average Bonchev–Trinajstić information content (AvgIpc) is 2.84. The van der Waals surface area contributed by atoms with E-state index in [1.807, 2.05) is 0 Å². The SMILES string of the molecule is C1CCN(N2CCCCCC2N2CCCC2)CC1. The Hall–Kier alpha value is -0.120. The average molecular weight is 251 g/mol. The molecule has 3 heterocycles. The number of likely N-dealkylation sites (tertiary alicyclic amines) is 1. The monoisotopic (exact) mass is 251 g/mol. The fourth-order valence-electron chi connectivity index (χ4n) is 3.95. The number of hydrogen-bond donors (Lipinski definition) is 0. The molecular formula is C15H29N3. The summed E-state index contributed by atoms with van der Waals surface area (Å²) in [5, 5.41) is 5.45. The molecule has 3 saturated heterocycles. The van der Waals surface area contributed by atoms with Crippen LogP contribution in [0.25, 0.3) is 0 Å². The van der Waals surface area contributed by atoms with Gasteiger partial charge in [0.2, 0.25) is 0 Å². The van der Waals surface area contributed by atoms with Crippen LogP contribution in [-0.4, -0.2) is 53.8 Å². The standard InChI is InChI=1S/C15H29N3/c1-3-9-15(16-10-7-8-11-16)18(14-6-1)17-12-4-2-5-13-17/h15H,1-14H2. The first kappa shape index (κ1) is 12.9. The molecule has 3 nitrogen and oxygen atoms in total. The minimum Gasteiger partial charge on any atom is -0.287 e. The van der Waals surface area contributed by atoms with Gasteiger partial charge in [0, 0.05) is 19.6 Å². The van der Waals surface area contributed by atoms with Crippen LogP contribution < -0.4 is 0 Å². The van der Waals surface area contributed by atoms with E-state index in [9.17, 15) is 0 Å². The van der Waals surface area contributed by atoms with Crippen molar-refractivity contribution < 1.29 is 0 Å². The molecule has 0 aromatic carbocycles. The Morgan fingerprint density at radius 2 is 1.17 bits per heavy atom. The third kappa shape index (κ3) is 2.89. The molecule has 0 amide bonds. The molecule has 0 bridgehead atoms. The largest absolute Gasteiger partial charge is 0.287 e. The Balaban J connectivity index is 1.68. The number of piperidine rings is 1. The molecule has 18 heavy (non-hydrogen) atoms. The van der Waals surface area contributed by atoms with Crippen molar-refractivity contribution >= 4 is 0 Å². The lowest BCUT2D eigenvalue weighted by Gasteiger charge is -2.44. The van der Waals surface area contributed by atoms with E-state index in [1.165, 1.54) is 90.5 Å². The molecule has 1 atom stereocenters. The fraction of sp³-hybridized carbons (Fsp3) is 1.00. The minimum absolute atomic E-state index is 0.730. The van der Waals surface area contributed by atoms with Gasteiger partial charge in [-0.2, -0.15) is 0 Å². The predicted molar refractivity (Wildman–Crippen MR) is 75.2 cm³/mol. The van der Waals surface area contributed by atoms with Crippen LogP contribution in [0.5, 0.6) is 0 Å². The Kier molecular flexibility index (Phi) is 4.55. The van der Waals surface area contributed by atoms with Gasteiger partial charge in [-0.3, -0.25) is 4.90 Å². The van der Waals surface area contributed by atoms with Gasteiger partial charge in [-0.05, 0) is 51.6 Å². The molecule has 3 heteroatoms. The van der Waals surface area contributed by atoms with Crippen molar-refractivity contribution in [2.45, 2.75) is 64.0 Å². The third-order valence-corrected chi connectivity index (χ3v) is 4.95. The summed E-state index contributed by atoms with van der Waals surface area (Å²) in [7, 11) is 0. The highest BCUT2D eigenvalue weighted by atomic mass is 15.7. The zero-order chi connectivity index (χ0) is 12.2. The van der Waals surface area contributed by atoms with Gasteiger partial charge in [0.05, 0.1) is 6.17 Å². The summed E-state index contributed by atoms with van der Waals surface area (Å²) in [5.41, 5.74) is 0. The van der Waals surface area contributed by atoms with Crippen molar-refractivity contribution in [2.75, 3.05) is 32.7 Å². The zero-order valence-electron chi connectivity index (χ0n) is 11.8. The van der Waals surface area contributed by atoms with E-state index in [1.54, 1.807) is 0 Å². The summed E-state index contributed by atoms with van der Waals surface area (Å²) in [6.07, 6.45) is 13.5. The van der Waals surface area contributed by atoms with Crippen LogP contribution in [0.2, 0.25) is 0 Å². The lowest BCUT2D eigenvalue weighted by atomic mass is 10.1. The molecular weight excluding hydrogens is 222 g/mol. The molecule has 0 aromatic rings. The van der Waals surface area contributed by atoms with Crippen LogP contribution in [-0.2, 0) is 0 Å². The van der Waals surface area contributed by atoms with E-state index < -0.39 is 0 Å². The summed E-state index contributed by atoms with van der Waals surface area (Å²) < 4.78 is 0. The highest BCUT2D eigenvalue weighted by Crippen LogP contribution is 2.26. The molecule has 1 unspecified atom stereocenters. The van der Waals surface area contributed by atoms with Crippen LogP contribution in [0.15, 0.2) is 0 Å². The lowest BCUT2D eigenvalue weighted by Crippen LogP contribution is -2.56. The summed E-state index contributed by atoms with van der Waals surface area (Å²) in [4.78, 5) is 2.76. The van der Waals surface area contributed by atoms with Crippen molar-refractivity contribution in [2.24, 2.45) is 0 Å². The first-order valence-corrected chi connectivity index (χ1v) is 8.21. The number of nitrogens with zero attached hydrogens (tertiary/aromatic N) is 3. The van der Waals surface area contributed by atoms with Crippen LogP contribution in [0.3, 0.4) is 0 Å². The molecule has 3 aliphatic rings. The van der Waals surface area contributed by atoms with Crippen LogP contribution in [0, 0.1) is 0 Å². The van der Waals surface area contributed by atoms with Crippen molar-refractivity contribution in [3.63, 3.8) is 0 Å². The molecule has 0 N–H and O–H groups in total. The highest BCUT2D eigenvalue weighted by Gasteiger charge is 2.32. The molecule has 3 aliphatic heterocycles. The van der Waals surface area contributed by atoms with Gasteiger partial charge in [0.25, 0.3) is 0 Å². The van der Waals surface area contributed by atoms with Crippen LogP contribution >= 0.6 is 0 Å². The quantitative estimate of drug-likeness (QED) is 0.747. The Morgan fingerprint density at radius 3 is 1.94 bits per heavy atom. The molecule has 104 valence electrons. The van der Waals surface area contributed by atoms with Gasteiger partial charge in [-0.25, -0.2) is 10.0 Å². The fourth-order valence-corrected chi connectivity index (χ4v) is 3.95. The first-order chi connectivity index (χ1) is 8.95. The predicted octanol–water partition coefficient (Wildman–Crippen LogP) is 2.69. The maximum atomic E-state index is 2.76. The summed E-state index contributed by atoms with van der Waals surface area (Å²) in [6, 6.07) is 0. The lowest BCUT2D eigenvalue weighted by molar-refractivity contribution is -0.116. The highest BCUT2D eigenvalue weighted by molar-refractivity contribution is 4.80. The van der Waals surface area contributed by atoms with Crippen LogP contribution in [0.4, 0.5) is 0 Å². The normalized spacial score (nSPS) is 33.7. The van der Waals surface area contributed by atoms with E-state index in [0.29, 0.717) is 0 Å². The summed E-state index contributed by atoms with van der Waals surface area (Å²) >= 11 is 0. The van der Waals surface area contributed by atoms with Gasteiger partial charge in [-0.15, -0.1) is 0 Å². The number of rotatable bonds is 2. The number of hydrogen-bond acceptors (Lipinski definition) is 3. The molecule has 3 fully saturated rings. The van der Waals surface area contributed by atoms with E-state index in [2.05, 4.69) is 14.9 Å². The Bertz CT molecular complexity index is 244. The van der Waals surface area contributed by atoms with Gasteiger partial charge in [0.15, 0.2) is 0 Å². The zero-order valence-corrected chi connectivity index (χ0v) is 11.8. The van der Waals surface area contributed by atoms with E-state index in [-0.39, 0.29) is 0 Å². The van der Waals surface area contributed by atoms with E-state index in [0.717, 1.165) is 6.17 Å². The third-order valence-electron chi connectivity index (χ3n) is 4.95. The van der Waals surface area contributed by atoms with Crippen molar-refractivity contribution in [3.05, 3.63) is 0 Å². The molecule has 0 aliphatic carbocycles. The van der Waals surface area contributed by atoms with Gasteiger partial charge in [-0.1, -0.05) is 19.3 Å². The van der Waals surface area contributed by atoms with Crippen LogP contribution in [0.1, 0.15) is 57.8 Å². The number of hydrazine groups is 1. The molecule has 0 radical (unpaired) electrons. The van der Waals surface area contributed by atoms with Crippen molar-refractivity contribution in [3.8, 4) is 0 Å². The topological polar surface area (TPSA) is 9.72 Å². The smallest absolute Gasteiger partial charge is 0.0760 e. The van der Waals surface area contributed by atoms with Gasteiger partial charge >= 0.3 is 0 Å². The minimum atomic E-state index is 0.730. The summed E-state index contributed by atoms with van der Waals surface area (Å²) in [6.45, 7) is 6.61. The van der Waals surface area contributed by atoms with E-state index >= 15 is 0 Å². The van der Waals surface area contributed by atoms with E-state index in [4.69, 9.17) is 0 Å². The Labute approximate surface area is 112 Å². The second-order valence-corrected chi connectivity index (χ2v) is 6.25. The second kappa shape index (κ2) is 6.36. The molecule has 0 saturated carbocycles.